The first-order valence-corrected chi connectivity index (χ1v) is 14.2. The maximum atomic E-state index is 12.8. The van der Waals surface area contributed by atoms with Crippen LogP contribution in [-0.4, -0.2) is 87.1 Å². The monoisotopic (exact) mass is 558 g/mol. The van der Waals surface area contributed by atoms with Gasteiger partial charge in [0.15, 0.2) is 5.78 Å². The van der Waals surface area contributed by atoms with Crippen LogP contribution in [0.4, 0.5) is 4.39 Å². The number of carbonyl (C=O) groups is 2. The van der Waals surface area contributed by atoms with Gasteiger partial charge in [-0.15, -0.1) is 0 Å². The number of nitrogens with zero attached hydrogens (tertiary/aromatic N) is 1. The third-order valence-electron chi connectivity index (χ3n) is 6.83. The number of nitrogens with one attached hydrogen (secondary N) is 1. The lowest BCUT2D eigenvalue weighted by Crippen LogP contribution is -2.44. The first-order chi connectivity index (χ1) is 19.5. The molecule has 1 amide bonds. The van der Waals surface area contributed by atoms with E-state index < -0.39 is 0 Å². The second-order valence-electron chi connectivity index (χ2n) is 10.2. The smallest absolute Gasteiger partial charge is 0.220 e. The summed E-state index contributed by atoms with van der Waals surface area (Å²) in [6.07, 6.45) is 3.22. The van der Waals surface area contributed by atoms with Crippen molar-refractivity contribution in [1.82, 2.24) is 10.2 Å². The van der Waals surface area contributed by atoms with Crippen molar-refractivity contribution in [3.05, 3.63) is 59.7 Å². The van der Waals surface area contributed by atoms with Gasteiger partial charge in [-0.3, -0.25) is 18.9 Å². The van der Waals surface area contributed by atoms with Crippen LogP contribution in [0.15, 0.2) is 48.5 Å². The molecule has 0 radical (unpaired) electrons. The van der Waals surface area contributed by atoms with E-state index in [1.54, 1.807) is 31.4 Å². The van der Waals surface area contributed by atoms with Crippen LogP contribution in [0.3, 0.4) is 0 Å². The van der Waals surface area contributed by atoms with E-state index in [1.165, 1.54) is 0 Å². The van der Waals surface area contributed by atoms with Crippen LogP contribution in [0.2, 0.25) is 0 Å². The highest BCUT2D eigenvalue weighted by Gasteiger charge is 2.24. The van der Waals surface area contributed by atoms with Gasteiger partial charge in [-0.2, -0.15) is 0 Å². The average molecular weight is 559 g/mol. The molecule has 0 aliphatic carbocycles. The number of methoxy groups -OCH3 is 1. The van der Waals surface area contributed by atoms with Crippen molar-refractivity contribution in [2.24, 2.45) is 0 Å². The number of alkyl halides is 1. The predicted octanol–water partition coefficient (Wildman–Crippen LogP) is 3.99. The van der Waals surface area contributed by atoms with E-state index >= 15 is 0 Å². The molecule has 2 N–H and O–H groups in total. The number of hydrogen-bond donors (Lipinski definition) is 2. The SMILES string of the molecule is COCCOc1ccc(C(=O)CCCC(=O)NC(Cc2ccc(OCCCCF)cc2)CN2CCC(O)C2)cc1. The normalized spacial score (nSPS) is 16.0. The van der Waals surface area contributed by atoms with E-state index in [2.05, 4.69) is 10.2 Å². The van der Waals surface area contributed by atoms with Gasteiger partial charge in [0, 0.05) is 51.2 Å². The van der Waals surface area contributed by atoms with Gasteiger partial charge in [0.2, 0.25) is 5.91 Å². The molecular weight excluding hydrogens is 515 g/mol. The molecule has 1 aliphatic heterocycles. The molecule has 2 atom stereocenters. The van der Waals surface area contributed by atoms with Crippen LogP contribution in [-0.2, 0) is 16.0 Å². The highest BCUT2D eigenvalue weighted by Crippen LogP contribution is 2.17. The Kier molecular flexibility index (Phi) is 13.9. The average Bonchev–Trinajstić information content (AvgIpc) is 3.36. The Morgan fingerprint density at radius 2 is 1.68 bits per heavy atom. The summed E-state index contributed by atoms with van der Waals surface area (Å²) in [6.45, 7) is 3.12. The number of β-amino-alcohol motifs (C(OH)–C–C–N with tert-alkyl or cyclic N) is 1. The summed E-state index contributed by atoms with van der Waals surface area (Å²) in [5.74, 6) is 1.32. The molecule has 0 spiro atoms. The molecule has 40 heavy (non-hydrogen) atoms. The topological polar surface area (TPSA) is 97.3 Å². The third kappa shape index (κ3) is 11.6. The molecular formula is C31H43FN2O6. The van der Waals surface area contributed by atoms with Crippen molar-refractivity contribution in [2.75, 3.05) is 53.2 Å². The highest BCUT2D eigenvalue weighted by molar-refractivity contribution is 5.96. The summed E-state index contributed by atoms with van der Waals surface area (Å²) in [4.78, 5) is 27.6. The first kappa shape index (κ1) is 31.5. The van der Waals surface area contributed by atoms with Crippen LogP contribution < -0.4 is 14.8 Å². The van der Waals surface area contributed by atoms with Crippen LogP contribution >= 0.6 is 0 Å². The van der Waals surface area contributed by atoms with Gasteiger partial charge >= 0.3 is 0 Å². The van der Waals surface area contributed by atoms with Gasteiger partial charge in [0.1, 0.15) is 18.1 Å². The van der Waals surface area contributed by atoms with Gasteiger partial charge < -0.3 is 24.6 Å². The number of halogens is 1. The zero-order valence-corrected chi connectivity index (χ0v) is 23.5. The minimum atomic E-state index is -0.334. The molecule has 0 aromatic heterocycles. The van der Waals surface area contributed by atoms with E-state index in [0.717, 1.165) is 24.3 Å². The van der Waals surface area contributed by atoms with Gasteiger partial charge in [-0.1, -0.05) is 12.1 Å². The maximum absolute atomic E-state index is 12.8. The van der Waals surface area contributed by atoms with Crippen molar-refractivity contribution < 1.29 is 33.3 Å². The lowest BCUT2D eigenvalue weighted by Gasteiger charge is -2.25. The second-order valence-corrected chi connectivity index (χ2v) is 10.2. The largest absolute Gasteiger partial charge is 0.494 e. The number of benzene rings is 2. The second kappa shape index (κ2) is 17.6. The zero-order chi connectivity index (χ0) is 28.6. The Bertz CT molecular complexity index is 1020. The Labute approximate surface area is 236 Å². The van der Waals surface area contributed by atoms with Gasteiger partial charge in [-0.25, -0.2) is 0 Å². The summed E-state index contributed by atoms with van der Waals surface area (Å²) in [6, 6.07) is 14.6. The lowest BCUT2D eigenvalue weighted by molar-refractivity contribution is -0.122. The molecule has 1 saturated heterocycles. The summed E-state index contributed by atoms with van der Waals surface area (Å²) in [7, 11) is 1.61. The number of unbranched alkanes of at least 4 members (excludes halogenated alkanes) is 1. The standard InChI is InChI=1S/C31H43FN2O6/c1-38-19-20-40-29-13-9-25(10-14-29)30(36)5-4-6-31(37)33-26(22-34-17-15-27(35)23-34)21-24-7-11-28(12-8-24)39-18-3-2-16-32/h7-14,26-27,35H,2-6,15-23H2,1H3,(H,33,37). The number of carbonyl (C=O) groups excluding carboxylic acids is 2. The number of rotatable bonds is 19. The molecule has 1 aliphatic rings. The number of Topliss-reactive ketones (excluding diaryl/α,β-unsaturated/α-hetero) is 1. The van der Waals surface area contributed by atoms with Gasteiger partial charge in [0.05, 0.1) is 26.0 Å². The number of aliphatic hydroxyl groups is 1. The molecule has 1 heterocycles. The zero-order valence-electron chi connectivity index (χ0n) is 23.5. The third-order valence-corrected chi connectivity index (χ3v) is 6.83. The van der Waals surface area contributed by atoms with Crippen molar-refractivity contribution in [3.8, 4) is 11.5 Å². The summed E-state index contributed by atoms with van der Waals surface area (Å²) >= 11 is 0. The number of likely N-dealkylation sites (tertiary alicyclic amines) is 1. The van der Waals surface area contributed by atoms with Crippen molar-refractivity contribution in [3.63, 3.8) is 0 Å². The molecule has 0 saturated carbocycles. The number of ether oxygens (including phenoxy) is 3. The van der Waals surface area contributed by atoms with E-state index in [0.29, 0.717) is 69.9 Å². The van der Waals surface area contributed by atoms with Crippen molar-refractivity contribution >= 4 is 11.7 Å². The molecule has 2 aromatic carbocycles. The number of ketones is 1. The maximum Gasteiger partial charge on any atom is 0.220 e. The highest BCUT2D eigenvalue weighted by atomic mass is 19.1. The fourth-order valence-corrected chi connectivity index (χ4v) is 4.68. The Balaban J connectivity index is 1.47. The molecule has 9 heteroatoms. The minimum absolute atomic E-state index is 0.00847. The lowest BCUT2D eigenvalue weighted by atomic mass is 10.0. The number of aliphatic hydroxyl groups excluding tert-OH is 1. The quantitative estimate of drug-likeness (QED) is 0.199. The fourth-order valence-electron chi connectivity index (χ4n) is 4.68. The Morgan fingerprint density at radius 3 is 2.33 bits per heavy atom. The van der Waals surface area contributed by atoms with E-state index in [-0.39, 0.29) is 43.4 Å². The minimum Gasteiger partial charge on any atom is -0.494 e. The van der Waals surface area contributed by atoms with Crippen LogP contribution in [0, 0.1) is 0 Å². The molecule has 8 nitrogen and oxygen atoms in total. The van der Waals surface area contributed by atoms with Crippen molar-refractivity contribution in [2.45, 2.75) is 57.1 Å². The number of amides is 1. The van der Waals surface area contributed by atoms with Crippen LogP contribution in [0.25, 0.3) is 0 Å². The van der Waals surface area contributed by atoms with E-state index in [4.69, 9.17) is 14.2 Å². The molecule has 3 rings (SSSR count). The molecule has 2 aromatic rings. The van der Waals surface area contributed by atoms with E-state index in [9.17, 15) is 19.1 Å². The van der Waals surface area contributed by atoms with E-state index in [1.807, 2.05) is 24.3 Å². The fraction of sp³-hybridized carbons (Fsp3) is 0.548. The Hall–Kier alpha value is -3.01. The molecule has 0 bridgehead atoms. The predicted molar refractivity (Wildman–Crippen MR) is 152 cm³/mol. The van der Waals surface area contributed by atoms with Gasteiger partial charge in [-0.05, 0) is 74.1 Å². The number of hydrogen-bond acceptors (Lipinski definition) is 7. The Morgan fingerprint density at radius 1 is 0.975 bits per heavy atom. The summed E-state index contributed by atoms with van der Waals surface area (Å²) < 4.78 is 28.4. The molecule has 220 valence electrons. The first-order valence-electron chi connectivity index (χ1n) is 14.2. The van der Waals surface area contributed by atoms with Crippen LogP contribution in [0.5, 0.6) is 11.5 Å². The van der Waals surface area contributed by atoms with Gasteiger partial charge in [0.25, 0.3) is 0 Å². The molecule has 1 fully saturated rings. The van der Waals surface area contributed by atoms with Crippen LogP contribution in [0.1, 0.15) is 54.4 Å². The van der Waals surface area contributed by atoms with Crippen molar-refractivity contribution in [1.29, 1.82) is 0 Å². The summed E-state index contributed by atoms with van der Waals surface area (Å²) in [5.41, 5.74) is 1.66. The molecule has 2 unspecified atom stereocenters. The summed E-state index contributed by atoms with van der Waals surface area (Å²) in [5, 5.41) is 13.1.